The van der Waals surface area contributed by atoms with Gasteiger partial charge in [0.25, 0.3) is 0 Å². The molecule has 0 aromatic heterocycles. The highest BCUT2D eigenvalue weighted by Crippen LogP contribution is 2.30. The van der Waals surface area contributed by atoms with Gasteiger partial charge in [0.15, 0.2) is 0 Å². The first-order valence-electron chi connectivity index (χ1n) is 9.91. The minimum absolute atomic E-state index is 0.101. The number of cyclic esters (lactones) is 1. The van der Waals surface area contributed by atoms with Gasteiger partial charge < -0.3 is 26.0 Å². The van der Waals surface area contributed by atoms with E-state index < -0.39 is 36.2 Å². The number of rotatable bonds is 8. The van der Waals surface area contributed by atoms with E-state index in [1.165, 1.54) is 6.07 Å². The number of nitrogens with one attached hydrogen (secondary N) is 1. The number of hydrogen-bond donors (Lipinski definition) is 4. The van der Waals surface area contributed by atoms with Gasteiger partial charge in [0.1, 0.15) is 17.4 Å². The fourth-order valence-corrected chi connectivity index (χ4v) is 3.56. The van der Waals surface area contributed by atoms with Crippen LogP contribution in [0, 0.1) is 11.8 Å². The predicted octanol–water partition coefficient (Wildman–Crippen LogP) is 1.74. The standard InChI is InChI=1S/C21H32N2O5/c1-5-14(22)19(25)12(4)20(26)23-15(9-11(2)3)17-10-13-7-6-8-16(24)18(13)21(27)28-17/h6-8,11-12,14-15,17,19,24-25H,5,9-10,22H2,1-4H3,(H,23,26)/t12-,14+,15-,17-,19-/m1/s1. The molecule has 156 valence electrons. The maximum atomic E-state index is 12.7. The van der Waals surface area contributed by atoms with Crippen molar-refractivity contribution < 1.29 is 24.5 Å². The molecule has 7 heteroatoms. The normalized spacial score (nSPS) is 20.7. The van der Waals surface area contributed by atoms with E-state index in [0.717, 1.165) is 0 Å². The lowest BCUT2D eigenvalue weighted by Crippen LogP contribution is -2.52. The molecule has 1 aliphatic heterocycles. The maximum absolute atomic E-state index is 12.7. The highest BCUT2D eigenvalue weighted by molar-refractivity contribution is 5.95. The fourth-order valence-electron chi connectivity index (χ4n) is 3.56. The highest BCUT2D eigenvalue weighted by atomic mass is 16.5. The zero-order chi connectivity index (χ0) is 21.0. The summed E-state index contributed by atoms with van der Waals surface area (Å²) < 4.78 is 5.57. The van der Waals surface area contributed by atoms with E-state index in [0.29, 0.717) is 24.8 Å². The minimum Gasteiger partial charge on any atom is -0.507 e. The zero-order valence-corrected chi connectivity index (χ0v) is 17.0. The van der Waals surface area contributed by atoms with E-state index in [1.54, 1.807) is 19.1 Å². The third-order valence-corrected chi connectivity index (χ3v) is 5.35. The smallest absolute Gasteiger partial charge is 0.342 e. The van der Waals surface area contributed by atoms with Crippen molar-refractivity contribution >= 4 is 11.9 Å². The third kappa shape index (κ3) is 5.02. The molecule has 0 aliphatic carbocycles. The molecular formula is C21H32N2O5. The molecule has 0 spiro atoms. The molecule has 7 nitrogen and oxygen atoms in total. The van der Waals surface area contributed by atoms with Crippen molar-refractivity contribution in [2.75, 3.05) is 0 Å². The first-order chi connectivity index (χ1) is 13.1. The lowest BCUT2D eigenvalue weighted by atomic mass is 9.89. The number of aromatic hydroxyl groups is 1. The number of amides is 1. The van der Waals surface area contributed by atoms with Gasteiger partial charge in [-0.05, 0) is 30.4 Å². The SMILES string of the molecule is CC[C@H](N)[C@H](O)[C@@H](C)C(=O)N[C@H](CC(C)C)[C@H]1Cc2cccc(O)c2C(=O)O1. The molecule has 2 rings (SSSR count). The summed E-state index contributed by atoms with van der Waals surface area (Å²) in [5.41, 5.74) is 6.76. The van der Waals surface area contributed by atoms with Crippen LogP contribution < -0.4 is 11.1 Å². The van der Waals surface area contributed by atoms with Gasteiger partial charge in [-0.2, -0.15) is 0 Å². The van der Waals surface area contributed by atoms with Crippen molar-refractivity contribution in [2.45, 2.75) is 71.2 Å². The Morgan fingerprint density at radius 1 is 1.36 bits per heavy atom. The van der Waals surface area contributed by atoms with E-state index in [-0.39, 0.29) is 23.1 Å². The van der Waals surface area contributed by atoms with Gasteiger partial charge in [-0.3, -0.25) is 4.79 Å². The molecule has 0 saturated carbocycles. The number of carbonyl (C=O) groups is 2. The molecule has 28 heavy (non-hydrogen) atoms. The lowest BCUT2D eigenvalue weighted by molar-refractivity contribution is -0.130. The monoisotopic (exact) mass is 392 g/mol. The number of aliphatic hydroxyl groups is 1. The van der Waals surface area contributed by atoms with Crippen molar-refractivity contribution in [3.8, 4) is 5.75 Å². The molecule has 5 N–H and O–H groups in total. The van der Waals surface area contributed by atoms with Gasteiger partial charge in [-0.15, -0.1) is 0 Å². The molecule has 1 heterocycles. The molecule has 1 aromatic rings. The van der Waals surface area contributed by atoms with Gasteiger partial charge in [0.2, 0.25) is 5.91 Å². The summed E-state index contributed by atoms with van der Waals surface area (Å²) in [7, 11) is 0. The second kappa shape index (κ2) is 9.39. The molecule has 1 aromatic carbocycles. The summed E-state index contributed by atoms with van der Waals surface area (Å²) in [6.45, 7) is 7.54. The molecular weight excluding hydrogens is 360 g/mol. The van der Waals surface area contributed by atoms with Crippen LogP contribution in [0.25, 0.3) is 0 Å². The van der Waals surface area contributed by atoms with Crippen molar-refractivity contribution in [3.63, 3.8) is 0 Å². The van der Waals surface area contributed by atoms with E-state index >= 15 is 0 Å². The van der Waals surface area contributed by atoms with Gasteiger partial charge in [-0.1, -0.05) is 39.8 Å². The largest absolute Gasteiger partial charge is 0.507 e. The van der Waals surface area contributed by atoms with Crippen LogP contribution >= 0.6 is 0 Å². The molecule has 0 fully saturated rings. The van der Waals surface area contributed by atoms with Crippen LogP contribution in [0.15, 0.2) is 18.2 Å². The Bertz CT molecular complexity index is 706. The second-order valence-corrected chi connectivity index (χ2v) is 8.06. The quantitative estimate of drug-likeness (QED) is 0.500. The van der Waals surface area contributed by atoms with E-state index in [1.807, 2.05) is 20.8 Å². The van der Waals surface area contributed by atoms with Crippen LogP contribution in [-0.4, -0.2) is 46.4 Å². The molecule has 0 unspecified atom stereocenters. The number of phenolic OH excluding ortho intramolecular Hbond substituents is 1. The summed E-state index contributed by atoms with van der Waals surface area (Å²) in [4.78, 5) is 25.1. The topological polar surface area (TPSA) is 122 Å². The molecule has 0 bridgehead atoms. The van der Waals surface area contributed by atoms with Gasteiger partial charge >= 0.3 is 5.97 Å². The molecule has 1 amide bonds. The van der Waals surface area contributed by atoms with E-state index in [2.05, 4.69) is 5.32 Å². The van der Waals surface area contributed by atoms with Crippen molar-refractivity contribution in [1.82, 2.24) is 5.32 Å². The molecule has 1 aliphatic rings. The number of aliphatic hydroxyl groups excluding tert-OH is 1. The zero-order valence-electron chi connectivity index (χ0n) is 17.0. The highest BCUT2D eigenvalue weighted by Gasteiger charge is 2.36. The van der Waals surface area contributed by atoms with Gasteiger partial charge in [0, 0.05) is 12.5 Å². The van der Waals surface area contributed by atoms with Crippen LogP contribution in [0.1, 0.15) is 56.5 Å². The fraction of sp³-hybridized carbons (Fsp3) is 0.619. The predicted molar refractivity (Wildman–Crippen MR) is 106 cm³/mol. The van der Waals surface area contributed by atoms with Gasteiger partial charge in [-0.25, -0.2) is 4.79 Å². The number of esters is 1. The van der Waals surface area contributed by atoms with Crippen LogP contribution in [0.3, 0.4) is 0 Å². The Hall–Kier alpha value is -2.12. The first kappa shape index (κ1) is 22.2. The average Bonchev–Trinajstić information content (AvgIpc) is 2.64. The van der Waals surface area contributed by atoms with Crippen molar-refractivity contribution in [2.24, 2.45) is 17.6 Å². The average molecular weight is 392 g/mol. The number of nitrogens with two attached hydrogens (primary N) is 1. The maximum Gasteiger partial charge on any atom is 0.342 e. The van der Waals surface area contributed by atoms with Crippen molar-refractivity contribution in [1.29, 1.82) is 0 Å². The Morgan fingerprint density at radius 3 is 2.64 bits per heavy atom. The van der Waals surface area contributed by atoms with Crippen LogP contribution in [0.5, 0.6) is 5.75 Å². The molecule has 0 saturated heterocycles. The summed E-state index contributed by atoms with van der Waals surface area (Å²) in [6.07, 6.45) is 0.0851. The molecule has 5 atom stereocenters. The summed E-state index contributed by atoms with van der Waals surface area (Å²) in [6, 6.07) is 4.04. The van der Waals surface area contributed by atoms with Crippen molar-refractivity contribution in [3.05, 3.63) is 29.3 Å². The van der Waals surface area contributed by atoms with Crippen LogP contribution in [0.4, 0.5) is 0 Å². The number of benzene rings is 1. The Balaban J connectivity index is 2.18. The Morgan fingerprint density at radius 2 is 2.04 bits per heavy atom. The number of fused-ring (bicyclic) bond motifs is 1. The summed E-state index contributed by atoms with van der Waals surface area (Å²) in [5.74, 6) is -1.43. The number of carbonyl (C=O) groups excluding carboxylic acids is 2. The first-order valence-corrected chi connectivity index (χ1v) is 9.91. The summed E-state index contributed by atoms with van der Waals surface area (Å²) >= 11 is 0. The Kier molecular flexibility index (Phi) is 7.43. The van der Waals surface area contributed by atoms with Crippen LogP contribution in [0.2, 0.25) is 0 Å². The number of phenols is 1. The van der Waals surface area contributed by atoms with Gasteiger partial charge in [0.05, 0.1) is 18.1 Å². The van der Waals surface area contributed by atoms with E-state index in [4.69, 9.17) is 10.5 Å². The minimum atomic E-state index is -0.948. The summed E-state index contributed by atoms with van der Waals surface area (Å²) in [5, 5.41) is 23.2. The molecule has 0 radical (unpaired) electrons. The number of hydrogen-bond acceptors (Lipinski definition) is 6. The lowest BCUT2D eigenvalue weighted by Gasteiger charge is -2.34. The number of ether oxygens (including phenoxy) is 1. The second-order valence-electron chi connectivity index (χ2n) is 8.06. The van der Waals surface area contributed by atoms with E-state index in [9.17, 15) is 19.8 Å². The van der Waals surface area contributed by atoms with Crippen LogP contribution in [-0.2, 0) is 16.0 Å². The Labute approximate surface area is 166 Å². The third-order valence-electron chi connectivity index (χ3n) is 5.35.